The molecule has 12 heteroatoms. The van der Waals surface area contributed by atoms with Gasteiger partial charge in [0.1, 0.15) is 6.54 Å². The van der Waals surface area contributed by atoms with Crippen molar-refractivity contribution < 1.29 is 38.1 Å². The molecule has 0 aliphatic carbocycles. The number of imide groups is 1. The Balaban J connectivity index is 1.77. The van der Waals surface area contributed by atoms with E-state index in [9.17, 15) is 19.2 Å². The zero-order valence-corrected chi connectivity index (χ0v) is 21.1. The maximum atomic E-state index is 12.8. The van der Waals surface area contributed by atoms with E-state index in [1.165, 1.54) is 7.11 Å². The van der Waals surface area contributed by atoms with Crippen molar-refractivity contribution in [2.45, 2.75) is 6.92 Å². The average Bonchev–Trinajstić information content (AvgIpc) is 3.06. The molecule has 2 aliphatic heterocycles. The summed E-state index contributed by atoms with van der Waals surface area (Å²) in [4.78, 5) is 51.9. The largest absolute Gasteiger partial charge is 0.490 e. The lowest BCUT2D eigenvalue weighted by Crippen LogP contribution is -2.46. The fourth-order valence-corrected chi connectivity index (χ4v) is 4.72. The quantitative estimate of drug-likeness (QED) is 0.256. The first kappa shape index (κ1) is 25.3. The molecule has 33 heavy (non-hydrogen) atoms. The molecule has 0 aromatic heterocycles. The summed E-state index contributed by atoms with van der Waals surface area (Å²) < 4.78 is 21.6. The fraction of sp³-hybridized carbons (Fsp3) is 0.429. The molecule has 2 saturated heterocycles. The van der Waals surface area contributed by atoms with Crippen LogP contribution in [0.1, 0.15) is 12.5 Å². The van der Waals surface area contributed by atoms with Gasteiger partial charge in [-0.2, -0.15) is 0 Å². The van der Waals surface area contributed by atoms with Gasteiger partial charge < -0.3 is 23.8 Å². The number of nitrogens with zero attached hydrogens (tertiary/aromatic N) is 2. The second-order valence-corrected chi connectivity index (χ2v) is 9.04. The SMILES string of the molecule is CCOc1cc(/C=C2/SC(=O)N(CC(=O)N3CCOCC3)C2=O)cc(I)c1OCC(=O)OC. The highest BCUT2D eigenvalue weighted by atomic mass is 127. The number of ether oxygens (including phenoxy) is 4. The number of rotatable bonds is 8. The Kier molecular flexibility index (Phi) is 8.97. The molecule has 0 saturated carbocycles. The van der Waals surface area contributed by atoms with Crippen molar-refractivity contribution in [1.82, 2.24) is 9.80 Å². The van der Waals surface area contributed by atoms with E-state index >= 15 is 0 Å². The van der Waals surface area contributed by atoms with E-state index in [1.54, 1.807) is 30.0 Å². The monoisotopic (exact) mass is 590 g/mol. The summed E-state index contributed by atoms with van der Waals surface area (Å²) in [6.45, 7) is 3.34. The highest BCUT2D eigenvalue weighted by Crippen LogP contribution is 2.37. The van der Waals surface area contributed by atoms with E-state index in [0.717, 1.165) is 16.7 Å². The first-order chi connectivity index (χ1) is 15.8. The fourth-order valence-electron chi connectivity index (χ4n) is 3.10. The molecule has 0 unspecified atom stereocenters. The van der Waals surface area contributed by atoms with Gasteiger partial charge in [0.25, 0.3) is 11.1 Å². The number of esters is 1. The van der Waals surface area contributed by atoms with Crippen molar-refractivity contribution in [2.24, 2.45) is 0 Å². The lowest BCUT2D eigenvalue weighted by atomic mass is 10.2. The first-order valence-corrected chi connectivity index (χ1v) is 12.0. The number of halogens is 1. The maximum Gasteiger partial charge on any atom is 0.343 e. The van der Waals surface area contributed by atoms with Crippen LogP contribution < -0.4 is 9.47 Å². The standard InChI is InChI=1S/C21H23IN2O8S/c1-3-31-15-9-13(8-14(22)19(15)32-12-18(26)29-2)10-16-20(27)24(21(28)33-16)11-17(25)23-4-6-30-7-5-23/h8-10H,3-7,11-12H2,1-2H3/b16-10+. The number of benzene rings is 1. The normalized spacial score (nSPS) is 17.5. The van der Waals surface area contributed by atoms with Crippen molar-refractivity contribution >= 4 is 63.5 Å². The Hall–Kier alpha value is -2.32. The Bertz CT molecular complexity index is 977. The molecule has 0 N–H and O–H groups in total. The van der Waals surface area contributed by atoms with E-state index in [-0.39, 0.29) is 24.0 Å². The van der Waals surface area contributed by atoms with Crippen molar-refractivity contribution in [3.8, 4) is 11.5 Å². The Morgan fingerprint density at radius 2 is 1.94 bits per heavy atom. The zero-order chi connectivity index (χ0) is 24.0. The molecule has 0 spiro atoms. The number of thioether (sulfide) groups is 1. The van der Waals surface area contributed by atoms with E-state index in [0.29, 0.717) is 53.5 Å². The number of methoxy groups -OCH3 is 1. The molecule has 10 nitrogen and oxygen atoms in total. The zero-order valence-electron chi connectivity index (χ0n) is 18.1. The van der Waals surface area contributed by atoms with E-state index in [1.807, 2.05) is 22.6 Å². The lowest BCUT2D eigenvalue weighted by molar-refractivity contribution is -0.143. The van der Waals surface area contributed by atoms with Gasteiger partial charge in [0, 0.05) is 13.1 Å². The molecule has 2 fully saturated rings. The average molecular weight is 590 g/mol. The Labute approximate surface area is 208 Å². The summed E-state index contributed by atoms with van der Waals surface area (Å²) >= 11 is 2.81. The topological polar surface area (TPSA) is 112 Å². The third-order valence-electron chi connectivity index (χ3n) is 4.72. The molecule has 3 rings (SSSR count). The van der Waals surface area contributed by atoms with Crippen molar-refractivity contribution in [3.63, 3.8) is 0 Å². The van der Waals surface area contributed by atoms with Gasteiger partial charge in [0.2, 0.25) is 5.91 Å². The van der Waals surface area contributed by atoms with Gasteiger partial charge in [-0.05, 0) is 65.0 Å². The van der Waals surface area contributed by atoms with Crippen LogP contribution in [0, 0.1) is 3.57 Å². The van der Waals surface area contributed by atoms with Crippen LogP contribution in [-0.4, -0.2) is 86.0 Å². The van der Waals surface area contributed by atoms with Gasteiger partial charge in [-0.25, -0.2) is 4.79 Å². The summed E-state index contributed by atoms with van der Waals surface area (Å²) in [7, 11) is 1.27. The number of carbonyl (C=O) groups excluding carboxylic acids is 4. The number of amides is 3. The summed E-state index contributed by atoms with van der Waals surface area (Å²) in [6.07, 6.45) is 1.57. The molecule has 2 heterocycles. The Morgan fingerprint density at radius 3 is 2.61 bits per heavy atom. The predicted molar refractivity (Wildman–Crippen MR) is 128 cm³/mol. The number of hydrogen-bond acceptors (Lipinski definition) is 9. The summed E-state index contributed by atoms with van der Waals surface area (Å²) in [5, 5.41) is -0.495. The second-order valence-electron chi connectivity index (χ2n) is 6.89. The van der Waals surface area contributed by atoms with Crippen LogP contribution in [-0.2, 0) is 23.9 Å². The lowest BCUT2D eigenvalue weighted by Gasteiger charge is -2.28. The van der Waals surface area contributed by atoms with Gasteiger partial charge in [0.15, 0.2) is 18.1 Å². The minimum Gasteiger partial charge on any atom is -0.490 e. The Morgan fingerprint density at radius 1 is 1.21 bits per heavy atom. The number of morpholine rings is 1. The molecule has 0 radical (unpaired) electrons. The molecule has 0 bridgehead atoms. The first-order valence-electron chi connectivity index (χ1n) is 10.1. The molecule has 1 aromatic rings. The van der Waals surface area contributed by atoms with Crippen LogP contribution in [0.5, 0.6) is 11.5 Å². The molecule has 0 atom stereocenters. The maximum absolute atomic E-state index is 12.8. The van der Waals surface area contributed by atoms with Crippen LogP contribution in [0.15, 0.2) is 17.0 Å². The highest BCUT2D eigenvalue weighted by Gasteiger charge is 2.37. The highest BCUT2D eigenvalue weighted by molar-refractivity contribution is 14.1. The molecule has 178 valence electrons. The minimum atomic E-state index is -0.530. The smallest absolute Gasteiger partial charge is 0.343 e. The van der Waals surface area contributed by atoms with Crippen LogP contribution >= 0.6 is 34.4 Å². The van der Waals surface area contributed by atoms with E-state index in [4.69, 9.17) is 14.2 Å². The van der Waals surface area contributed by atoms with E-state index in [2.05, 4.69) is 4.74 Å². The van der Waals surface area contributed by atoms with Crippen LogP contribution in [0.2, 0.25) is 0 Å². The van der Waals surface area contributed by atoms with E-state index < -0.39 is 17.1 Å². The van der Waals surface area contributed by atoms with Crippen molar-refractivity contribution in [2.75, 3.05) is 53.2 Å². The molecular weight excluding hydrogens is 567 g/mol. The van der Waals surface area contributed by atoms with Gasteiger partial charge in [-0.15, -0.1) is 0 Å². The van der Waals surface area contributed by atoms with Crippen LogP contribution in [0.4, 0.5) is 4.79 Å². The van der Waals surface area contributed by atoms with Crippen LogP contribution in [0.3, 0.4) is 0 Å². The molecule has 2 aliphatic rings. The summed E-state index contributed by atoms with van der Waals surface area (Å²) in [5.74, 6) is -0.573. The van der Waals surface area contributed by atoms with Gasteiger partial charge in [0.05, 0.1) is 35.4 Å². The number of carbonyl (C=O) groups is 4. The van der Waals surface area contributed by atoms with Crippen LogP contribution in [0.25, 0.3) is 6.08 Å². The predicted octanol–water partition coefficient (Wildman–Crippen LogP) is 2.14. The van der Waals surface area contributed by atoms with Gasteiger partial charge >= 0.3 is 5.97 Å². The third kappa shape index (κ3) is 6.38. The minimum absolute atomic E-state index is 0.205. The molecule has 1 aromatic carbocycles. The number of hydrogen-bond donors (Lipinski definition) is 0. The van der Waals surface area contributed by atoms with Gasteiger partial charge in [-0.3, -0.25) is 19.3 Å². The molecular formula is C21H23IN2O8S. The summed E-state index contributed by atoms with van der Waals surface area (Å²) in [6, 6.07) is 3.40. The van der Waals surface area contributed by atoms with Gasteiger partial charge in [-0.1, -0.05) is 0 Å². The van der Waals surface area contributed by atoms with Crippen molar-refractivity contribution in [3.05, 3.63) is 26.2 Å². The molecule has 3 amide bonds. The van der Waals surface area contributed by atoms with Crippen molar-refractivity contribution in [1.29, 1.82) is 0 Å². The summed E-state index contributed by atoms with van der Waals surface area (Å²) in [5.41, 5.74) is 0.610. The third-order valence-corrected chi connectivity index (χ3v) is 6.43. The second kappa shape index (κ2) is 11.7.